The quantitative estimate of drug-likeness (QED) is 0.887. The first-order valence-corrected chi connectivity index (χ1v) is 8.92. The van der Waals surface area contributed by atoms with E-state index in [1.54, 1.807) is 38.1 Å². The van der Waals surface area contributed by atoms with Gasteiger partial charge in [0.1, 0.15) is 0 Å². The molecule has 5 nitrogen and oxygen atoms in total. The van der Waals surface area contributed by atoms with E-state index in [0.29, 0.717) is 11.3 Å². The second-order valence-corrected chi connectivity index (χ2v) is 7.32. The van der Waals surface area contributed by atoms with Gasteiger partial charge in [-0.05, 0) is 56.5 Å². The van der Waals surface area contributed by atoms with Crippen LogP contribution in [0.5, 0.6) is 0 Å². The van der Waals surface area contributed by atoms with Gasteiger partial charge in [-0.15, -0.1) is 0 Å². The second kappa shape index (κ2) is 7.30. The largest absolute Gasteiger partial charge is 0.332 e. The normalized spacial score (nSPS) is 17.2. The smallest absolute Gasteiger partial charge is 0.254 e. The first kappa shape index (κ1) is 18.1. The minimum absolute atomic E-state index is 0.0217. The fourth-order valence-corrected chi connectivity index (χ4v) is 3.19. The molecule has 3 rings (SSSR count). The highest BCUT2D eigenvalue weighted by Crippen LogP contribution is 2.33. The predicted molar refractivity (Wildman–Crippen MR) is 103 cm³/mol. The minimum atomic E-state index is -0.951. The summed E-state index contributed by atoms with van der Waals surface area (Å²) in [6.45, 7) is 4.06. The molecule has 2 aromatic rings. The van der Waals surface area contributed by atoms with Gasteiger partial charge in [0.2, 0.25) is 5.91 Å². The first-order chi connectivity index (χ1) is 12.4. The van der Waals surface area contributed by atoms with Gasteiger partial charge in [-0.2, -0.15) is 0 Å². The maximum absolute atomic E-state index is 12.9. The zero-order chi connectivity index (χ0) is 18.7. The fourth-order valence-electron chi connectivity index (χ4n) is 3.19. The number of likely N-dealkylation sites (tertiary alicyclic amines) is 1. The van der Waals surface area contributed by atoms with Crippen molar-refractivity contribution in [3.8, 4) is 0 Å². The lowest BCUT2D eigenvalue weighted by Gasteiger charge is -2.25. The van der Waals surface area contributed by atoms with Gasteiger partial charge in [-0.1, -0.05) is 30.3 Å². The van der Waals surface area contributed by atoms with E-state index in [0.717, 1.165) is 19.4 Å². The Kier molecular flexibility index (Phi) is 5.09. The molecule has 3 N–H and O–H groups in total. The number of nitrogens with one attached hydrogen (secondary N) is 1. The summed E-state index contributed by atoms with van der Waals surface area (Å²) in [5, 5.41) is 2.76. The number of hydrogen-bond donors (Lipinski definition) is 2. The SMILES string of the molecule is CC(C)(N)C(=O)Nc1ccc(C(=O)N2CCCC2c2ccccc2)cc1. The average molecular weight is 351 g/mol. The van der Waals surface area contributed by atoms with Crippen LogP contribution in [0.3, 0.4) is 0 Å². The summed E-state index contributed by atoms with van der Waals surface area (Å²) in [5.74, 6) is -0.242. The van der Waals surface area contributed by atoms with Gasteiger partial charge in [0.25, 0.3) is 5.91 Å². The molecule has 1 heterocycles. The summed E-state index contributed by atoms with van der Waals surface area (Å²) >= 11 is 0. The number of carbonyl (C=O) groups excluding carboxylic acids is 2. The molecule has 1 atom stereocenters. The lowest BCUT2D eigenvalue weighted by atomic mass is 10.0. The number of carbonyl (C=O) groups is 2. The van der Waals surface area contributed by atoms with Crippen molar-refractivity contribution < 1.29 is 9.59 Å². The van der Waals surface area contributed by atoms with Crippen molar-refractivity contribution in [3.05, 3.63) is 65.7 Å². The Labute approximate surface area is 154 Å². The Morgan fingerprint density at radius 3 is 2.35 bits per heavy atom. The summed E-state index contributed by atoms with van der Waals surface area (Å²) in [5.41, 5.74) is 7.26. The van der Waals surface area contributed by atoms with Gasteiger partial charge < -0.3 is 16.0 Å². The van der Waals surface area contributed by atoms with Crippen LogP contribution in [0.2, 0.25) is 0 Å². The Hall–Kier alpha value is -2.66. The van der Waals surface area contributed by atoms with Crippen LogP contribution in [0.15, 0.2) is 54.6 Å². The topological polar surface area (TPSA) is 75.4 Å². The van der Waals surface area contributed by atoms with Crippen LogP contribution in [0.1, 0.15) is 48.7 Å². The maximum Gasteiger partial charge on any atom is 0.254 e. The highest BCUT2D eigenvalue weighted by Gasteiger charge is 2.30. The van der Waals surface area contributed by atoms with E-state index in [2.05, 4.69) is 17.4 Å². The van der Waals surface area contributed by atoms with Gasteiger partial charge in [-0.3, -0.25) is 9.59 Å². The van der Waals surface area contributed by atoms with Crippen molar-refractivity contribution in [1.82, 2.24) is 4.90 Å². The van der Waals surface area contributed by atoms with E-state index in [9.17, 15) is 9.59 Å². The molecule has 1 aliphatic heterocycles. The standard InChI is InChI=1S/C21H25N3O2/c1-21(2,22)20(26)23-17-12-10-16(11-13-17)19(25)24-14-6-9-18(24)15-7-4-3-5-8-15/h3-5,7-8,10-13,18H,6,9,14,22H2,1-2H3,(H,23,26). The lowest BCUT2D eigenvalue weighted by Crippen LogP contribution is -2.45. The zero-order valence-electron chi connectivity index (χ0n) is 15.2. The third kappa shape index (κ3) is 3.94. The predicted octanol–water partition coefficient (Wildman–Crippen LogP) is 3.34. The average Bonchev–Trinajstić information content (AvgIpc) is 3.11. The van der Waals surface area contributed by atoms with E-state index in [4.69, 9.17) is 5.73 Å². The molecule has 0 bridgehead atoms. The third-order valence-electron chi connectivity index (χ3n) is 4.67. The highest BCUT2D eigenvalue weighted by molar-refractivity contribution is 5.98. The van der Waals surface area contributed by atoms with Gasteiger partial charge in [0, 0.05) is 17.8 Å². The summed E-state index contributed by atoms with van der Waals surface area (Å²) in [6.07, 6.45) is 1.99. The van der Waals surface area contributed by atoms with E-state index in [1.807, 2.05) is 23.1 Å². The monoisotopic (exact) mass is 351 g/mol. The number of anilines is 1. The van der Waals surface area contributed by atoms with Crippen LogP contribution >= 0.6 is 0 Å². The lowest BCUT2D eigenvalue weighted by molar-refractivity contribution is -0.120. The minimum Gasteiger partial charge on any atom is -0.332 e. The van der Waals surface area contributed by atoms with Crippen molar-refractivity contribution in [3.63, 3.8) is 0 Å². The van der Waals surface area contributed by atoms with Gasteiger partial charge in [0.15, 0.2) is 0 Å². The molecule has 26 heavy (non-hydrogen) atoms. The van der Waals surface area contributed by atoms with Gasteiger partial charge in [-0.25, -0.2) is 0 Å². The number of rotatable bonds is 4. The number of benzene rings is 2. The molecule has 2 amide bonds. The van der Waals surface area contributed by atoms with Crippen LogP contribution in [0, 0.1) is 0 Å². The van der Waals surface area contributed by atoms with Crippen LogP contribution < -0.4 is 11.1 Å². The van der Waals surface area contributed by atoms with Gasteiger partial charge >= 0.3 is 0 Å². The molecule has 0 aliphatic carbocycles. The van der Waals surface area contributed by atoms with Crippen molar-refractivity contribution in [1.29, 1.82) is 0 Å². The van der Waals surface area contributed by atoms with Crippen molar-refractivity contribution in [2.24, 2.45) is 5.73 Å². The fraction of sp³-hybridized carbons (Fsp3) is 0.333. The van der Waals surface area contributed by atoms with E-state index in [-0.39, 0.29) is 17.9 Å². The maximum atomic E-state index is 12.9. The first-order valence-electron chi connectivity index (χ1n) is 8.92. The molecule has 0 saturated carbocycles. The third-order valence-corrected chi connectivity index (χ3v) is 4.67. The van der Waals surface area contributed by atoms with Crippen LogP contribution in [-0.4, -0.2) is 28.8 Å². The molecule has 1 saturated heterocycles. The molecule has 1 unspecified atom stereocenters. The van der Waals surface area contributed by atoms with E-state index in [1.165, 1.54) is 5.56 Å². The van der Waals surface area contributed by atoms with Crippen LogP contribution in [0.25, 0.3) is 0 Å². The Bertz CT molecular complexity index is 779. The molecule has 0 aromatic heterocycles. The molecule has 1 aliphatic rings. The second-order valence-electron chi connectivity index (χ2n) is 7.32. The Morgan fingerprint density at radius 1 is 1.08 bits per heavy atom. The van der Waals surface area contributed by atoms with Crippen LogP contribution in [-0.2, 0) is 4.79 Å². The molecular formula is C21H25N3O2. The van der Waals surface area contributed by atoms with E-state index < -0.39 is 5.54 Å². The molecule has 0 radical (unpaired) electrons. The van der Waals surface area contributed by atoms with E-state index >= 15 is 0 Å². The number of hydrogen-bond acceptors (Lipinski definition) is 3. The Morgan fingerprint density at radius 2 is 1.73 bits per heavy atom. The number of nitrogens with zero attached hydrogens (tertiary/aromatic N) is 1. The molecule has 136 valence electrons. The van der Waals surface area contributed by atoms with Crippen molar-refractivity contribution >= 4 is 17.5 Å². The summed E-state index contributed by atoms with van der Waals surface area (Å²) < 4.78 is 0. The number of nitrogens with two attached hydrogens (primary N) is 1. The molecule has 1 fully saturated rings. The Balaban J connectivity index is 1.73. The number of amides is 2. The summed E-state index contributed by atoms with van der Waals surface area (Å²) in [4.78, 5) is 26.8. The zero-order valence-corrected chi connectivity index (χ0v) is 15.2. The van der Waals surface area contributed by atoms with Crippen molar-refractivity contribution in [2.45, 2.75) is 38.3 Å². The van der Waals surface area contributed by atoms with Crippen LogP contribution in [0.4, 0.5) is 5.69 Å². The molecule has 5 heteroatoms. The molecular weight excluding hydrogens is 326 g/mol. The summed E-state index contributed by atoms with van der Waals surface area (Å²) in [7, 11) is 0. The highest BCUT2D eigenvalue weighted by atomic mass is 16.2. The summed E-state index contributed by atoms with van der Waals surface area (Å²) in [6, 6.07) is 17.3. The molecule has 2 aromatic carbocycles. The molecule has 0 spiro atoms. The van der Waals surface area contributed by atoms with Gasteiger partial charge in [0.05, 0.1) is 11.6 Å². The van der Waals surface area contributed by atoms with Crippen molar-refractivity contribution in [2.75, 3.05) is 11.9 Å².